The molecule has 0 fully saturated rings. The first-order valence-corrected chi connectivity index (χ1v) is 7.91. The molecular formula is C19H30O2. The highest BCUT2D eigenvalue weighted by Crippen LogP contribution is 2.13. The first-order valence-electron chi connectivity index (χ1n) is 7.91. The molecule has 1 aromatic carbocycles. The van der Waals surface area contributed by atoms with Crippen molar-refractivity contribution in [3.63, 3.8) is 0 Å². The number of Topliss-reactive ketones (excluding diaryl/α,β-unsaturated/α-hetero) is 1. The van der Waals surface area contributed by atoms with Crippen molar-refractivity contribution in [3.8, 4) is 5.75 Å². The molecule has 0 spiro atoms. The number of ether oxygens (including phenoxy) is 1. The Kier molecular flexibility index (Phi) is 11.3. The van der Waals surface area contributed by atoms with Gasteiger partial charge in [0, 0.05) is 12.8 Å². The number of allylic oxidation sites excluding steroid dienone is 1. The highest BCUT2D eigenvalue weighted by molar-refractivity contribution is 5.78. The number of benzene rings is 1. The van der Waals surface area contributed by atoms with Crippen LogP contribution in [0.1, 0.15) is 58.4 Å². The number of hydrogen-bond acceptors (Lipinski definition) is 2. The predicted molar refractivity (Wildman–Crippen MR) is 91.0 cm³/mol. The predicted octanol–water partition coefficient (Wildman–Crippen LogP) is 5.36. The molecule has 0 bridgehead atoms. The van der Waals surface area contributed by atoms with E-state index in [9.17, 15) is 4.79 Å². The summed E-state index contributed by atoms with van der Waals surface area (Å²) in [5.41, 5.74) is 2.39. The molecule has 0 aliphatic rings. The lowest BCUT2D eigenvalue weighted by Crippen LogP contribution is -2.00. The standard InChI is InChI=1S/C17H24O2.C2H6/c1-14(2)6-4-5-7-16(18)11-8-15-9-12-17(19-3)13-10-15;1-2/h9-10,12-13H,1,4-8,11H2,2-3H3;1-2H3. The monoisotopic (exact) mass is 290 g/mol. The number of rotatable bonds is 9. The van der Waals surface area contributed by atoms with Crippen molar-refractivity contribution in [2.45, 2.75) is 59.3 Å². The molecule has 0 N–H and O–H groups in total. The van der Waals surface area contributed by atoms with Crippen LogP contribution in [-0.4, -0.2) is 12.9 Å². The third-order valence-electron chi connectivity index (χ3n) is 3.16. The third-order valence-corrected chi connectivity index (χ3v) is 3.16. The van der Waals surface area contributed by atoms with Crippen molar-refractivity contribution >= 4 is 5.78 Å². The summed E-state index contributed by atoms with van der Waals surface area (Å²) in [6.07, 6.45) is 5.25. The van der Waals surface area contributed by atoms with Crippen molar-refractivity contribution in [2.24, 2.45) is 0 Å². The van der Waals surface area contributed by atoms with Crippen LogP contribution in [0, 0.1) is 0 Å². The van der Waals surface area contributed by atoms with Crippen molar-refractivity contribution < 1.29 is 9.53 Å². The Morgan fingerprint density at radius 1 is 1.05 bits per heavy atom. The van der Waals surface area contributed by atoms with Crippen LogP contribution in [0.25, 0.3) is 0 Å². The summed E-state index contributed by atoms with van der Waals surface area (Å²) in [5.74, 6) is 1.22. The van der Waals surface area contributed by atoms with E-state index in [0.29, 0.717) is 18.6 Å². The number of unbranched alkanes of at least 4 members (excludes halogenated alkanes) is 1. The maximum absolute atomic E-state index is 11.7. The van der Waals surface area contributed by atoms with E-state index in [-0.39, 0.29) is 0 Å². The summed E-state index contributed by atoms with van der Waals surface area (Å²) < 4.78 is 5.11. The van der Waals surface area contributed by atoms with Gasteiger partial charge < -0.3 is 4.74 Å². The highest BCUT2D eigenvalue weighted by Gasteiger charge is 2.03. The van der Waals surface area contributed by atoms with Crippen molar-refractivity contribution in [1.82, 2.24) is 0 Å². The second kappa shape index (κ2) is 12.2. The Morgan fingerprint density at radius 3 is 2.14 bits per heavy atom. The Bertz CT molecular complexity index is 404. The Labute approximate surface area is 130 Å². The fourth-order valence-electron chi connectivity index (χ4n) is 1.95. The minimum absolute atomic E-state index is 0.359. The Balaban J connectivity index is 0.00000191. The van der Waals surface area contributed by atoms with Crippen molar-refractivity contribution in [1.29, 1.82) is 0 Å². The fraction of sp³-hybridized carbons (Fsp3) is 0.526. The number of hydrogen-bond donors (Lipinski definition) is 0. The zero-order valence-electron chi connectivity index (χ0n) is 14.1. The number of carbonyl (C=O) groups excluding carboxylic acids is 1. The minimum atomic E-state index is 0.359. The van der Waals surface area contributed by atoms with Gasteiger partial charge in [0.15, 0.2) is 0 Å². The molecule has 1 aromatic rings. The summed E-state index contributed by atoms with van der Waals surface area (Å²) >= 11 is 0. The van der Waals surface area contributed by atoms with E-state index in [1.807, 2.05) is 45.0 Å². The number of methoxy groups -OCH3 is 1. The molecule has 0 amide bonds. The molecule has 0 atom stereocenters. The average Bonchev–Trinajstić information content (AvgIpc) is 2.52. The average molecular weight is 290 g/mol. The second-order valence-electron chi connectivity index (χ2n) is 5.05. The van der Waals surface area contributed by atoms with Crippen LogP contribution < -0.4 is 4.74 Å². The van der Waals surface area contributed by atoms with Crippen LogP contribution in [0.5, 0.6) is 5.75 Å². The van der Waals surface area contributed by atoms with Crippen molar-refractivity contribution in [3.05, 3.63) is 42.0 Å². The first kappa shape index (κ1) is 19.4. The summed E-state index contributed by atoms with van der Waals surface area (Å²) in [5, 5.41) is 0. The van der Waals surface area contributed by atoms with Crippen LogP contribution in [0.15, 0.2) is 36.4 Å². The molecule has 0 saturated carbocycles. The molecule has 0 heterocycles. The lowest BCUT2D eigenvalue weighted by atomic mass is 10.0. The fourth-order valence-corrected chi connectivity index (χ4v) is 1.95. The first-order chi connectivity index (χ1) is 10.1. The van der Waals surface area contributed by atoms with Gasteiger partial charge in [-0.15, -0.1) is 6.58 Å². The molecule has 21 heavy (non-hydrogen) atoms. The highest BCUT2D eigenvalue weighted by atomic mass is 16.5. The van der Waals surface area contributed by atoms with Gasteiger partial charge >= 0.3 is 0 Å². The van der Waals surface area contributed by atoms with Gasteiger partial charge in [-0.2, -0.15) is 0 Å². The molecule has 1 rings (SSSR count). The van der Waals surface area contributed by atoms with Gasteiger partial charge in [0.25, 0.3) is 0 Å². The van der Waals surface area contributed by atoms with E-state index in [4.69, 9.17) is 4.74 Å². The van der Waals surface area contributed by atoms with E-state index in [0.717, 1.165) is 31.4 Å². The largest absolute Gasteiger partial charge is 0.497 e. The summed E-state index contributed by atoms with van der Waals surface area (Å²) in [4.78, 5) is 11.7. The molecule has 0 aromatic heterocycles. The Morgan fingerprint density at radius 2 is 1.62 bits per heavy atom. The van der Waals surface area contributed by atoms with Gasteiger partial charge in [-0.1, -0.05) is 31.6 Å². The van der Waals surface area contributed by atoms with E-state index >= 15 is 0 Å². The molecule has 0 radical (unpaired) electrons. The molecule has 2 nitrogen and oxygen atoms in total. The third kappa shape index (κ3) is 9.89. The number of aryl methyl sites for hydroxylation is 1. The maximum atomic E-state index is 11.7. The van der Waals surface area contributed by atoms with Gasteiger partial charge in [0.05, 0.1) is 7.11 Å². The molecule has 0 aliphatic heterocycles. The lowest BCUT2D eigenvalue weighted by Gasteiger charge is -2.04. The second-order valence-corrected chi connectivity index (χ2v) is 5.05. The van der Waals surface area contributed by atoms with E-state index < -0.39 is 0 Å². The number of ketones is 1. The molecule has 0 unspecified atom stereocenters. The summed E-state index contributed by atoms with van der Waals surface area (Å²) in [7, 11) is 1.66. The molecule has 2 heteroatoms. The minimum Gasteiger partial charge on any atom is -0.497 e. The van der Waals surface area contributed by atoms with Gasteiger partial charge in [0.1, 0.15) is 11.5 Å². The van der Waals surface area contributed by atoms with E-state index in [1.165, 1.54) is 11.1 Å². The van der Waals surface area contributed by atoms with E-state index in [1.54, 1.807) is 7.11 Å². The van der Waals surface area contributed by atoms with Gasteiger partial charge in [0.2, 0.25) is 0 Å². The quantitative estimate of drug-likeness (QED) is 0.452. The van der Waals surface area contributed by atoms with Crippen LogP contribution in [0.4, 0.5) is 0 Å². The number of carbonyl (C=O) groups is 1. The van der Waals surface area contributed by atoms with Crippen LogP contribution >= 0.6 is 0 Å². The summed E-state index contributed by atoms with van der Waals surface area (Å²) in [6, 6.07) is 7.92. The van der Waals surface area contributed by atoms with Gasteiger partial charge in [-0.05, 0) is 50.3 Å². The smallest absolute Gasteiger partial charge is 0.133 e. The van der Waals surface area contributed by atoms with Gasteiger partial charge in [-0.3, -0.25) is 4.79 Å². The molecule has 0 aliphatic carbocycles. The molecule has 0 saturated heterocycles. The zero-order valence-corrected chi connectivity index (χ0v) is 14.1. The van der Waals surface area contributed by atoms with Crippen LogP contribution in [0.2, 0.25) is 0 Å². The van der Waals surface area contributed by atoms with Crippen molar-refractivity contribution in [2.75, 3.05) is 7.11 Å². The van der Waals surface area contributed by atoms with Crippen LogP contribution in [-0.2, 0) is 11.2 Å². The van der Waals surface area contributed by atoms with Crippen LogP contribution in [0.3, 0.4) is 0 Å². The normalized spacial score (nSPS) is 9.52. The SMILES string of the molecule is C=C(C)CCCCC(=O)CCc1ccc(OC)cc1.CC. The summed E-state index contributed by atoms with van der Waals surface area (Å²) in [6.45, 7) is 9.90. The molecule has 118 valence electrons. The maximum Gasteiger partial charge on any atom is 0.133 e. The Hall–Kier alpha value is -1.57. The van der Waals surface area contributed by atoms with Gasteiger partial charge in [-0.25, -0.2) is 0 Å². The van der Waals surface area contributed by atoms with E-state index in [2.05, 4.69) is 6.58 Å². The molecular weight excluding hydrogens is 260 g/mol. The lowest BCUT2D eigenvalue weighted by molar-refractivity contribution is -0.119. The topological polar surface area (TPSA) is 26.3 Å². The zero-order chi connectivity index (χ0) is 16.1.